The van der Waals surface area contributed by atoms with E-state index in [0.717, 1.165) is 11.0 Å². The molecule has 0 atom stereocenters. The summed E-state index contributed by atoms with van der Waals surface area (Å²) in [6.45, 7) is 0. The first kappa shape index (κ1) is 17.9. The van der Waals surface area contributed by atoms with Crippen LogP contribution >= 0.6 is 23.4 Å². The number of halogens is 1. The summed E-state index contributed by atoms with van der Waals surface area (Å²) >= 11 is 6.99. The number of hydrogen-bond donors (Lipinski definition) is 2. The Kier molecular flexibility index (Phi) is 5.49. The molecule has 0 unspecified atom stereocenters. The van der Waals surface area contributed by atoms with Crippen molar-refractivity contribution in [1.29, 1.82) is 0 Å². The van der Waals surface area contributed by atoms with Gasteiger partial charge in [-0.3, -0.25) is 14.9 Å². The molecule has 1 aromatic heterocycles. The minimum absolute atomic E-state index is 0.0402. The Bertz CT molecular complexity index is 971. The molecule has 10 heteroatoms. The number of nitrogens with zero attached hydrogens (tertiary/aromatic N) is 3. The van der Waals surface area contributed by atoms with E-state index in [1.54, 1.807) is 6.07 Å². The van der Waals surface area contributed by atoms with Gasteiger partial charge in [-0.1, -0.05) is 41.6 Å². The van der Waals surface area contributed by atoms with Crippen molar-refractivity contribution in [2.24, 2.45) is 5.10 Å². The molecule has 0 fully saturated rings. The second kappa shape index (κ2) is 7.98. The Morgan fingerprint density at radius 1 is 1.38 bits per heavy atom. The largest absolute Gasteiger partial charge is 0.333 e. The van der Waals surface area contributed by atoms with E-state index < -0.39 is 4.92 Å². The smallest absolute Gasteiger partial charge is 0.288 e. The highest BCUT2D eigenvalue weighted by atomic mass is 35.5. The summed E-state index contributed by atoms with van der Waals surface area (Å²) in [4.78, 5) is 29.6. The molecule has 0 bridgehead atoms. The van der Waals surface area contributed by atoms with Gasteiger partial charge < -0.3 is 4.98 Å². The van der Waals surface area contributed by atoms with E-state index in [2.05, 4.69) is 20.5 Å². The first-order valence-corrected chi connectivity index (χ1v) is 8.72. The molecular weight excluding hydrogens is 378 g/mol. The number of para-hydroxylation sites is 2. The average molecular weight is 390 g/mol. The number of benzene rings is 2. The second-order valence-electron chi connectivity index (χ2n) is 5.11. The maximum atomic E-state index is 11.8. The standard InChI is InChI=1S/C16H12ClN5O3S/c17-11-6-5-10(7-14(11)22(24)25)8-18-21-15(23)9-26-16-19-12-3-1-2-4-13(12)20-16/h1-8H,9H2,(H,19,20)(H,21,23)/b18-8-. The van der Waals surface area contributed by atoms with E-state index in [1.165, 1.54) is 30.1 Å². The molecule has 8 nitrogen and oxygen atoms in total. The lowest BCUT2D eigenvalue weighted by atomic mass is 10.2. The second-order valence-corrected chi connectivity index (χ2v) is 6.48. The molecule has 1 amide bonds. The summed E-state index contributed by atoms with van der Waals surface area (Å²) < 4.78 is 0. The Morgan fingerprint density at radius 3 is 2.96 bits per heavy atom. The molecule has 0 saturated heterocycles. The minimum atomic E-state index is -0.581. The summed E-state index contributed by atoms with van der Waals surface area (Å²) in [6.07, 6.45) is 1.31. The summed E-state index contributed by atoms with van der Waals surface area (Å²) in [6, 6.07) is 11.8. The predicted octanol–water partition coefficient (Wildman–Crippen LogP) is 3.37. The Morgan fingerprint density at radius 2 is 2.19 bits per heavy atom. The number of nitro benzene ring substituents is 1. The molecule has 0 aliphatic heterocycles. The van der Waals surface area contributed by atoms with Crippen molar-refractivity contribution in [1.82, 2.24) is 15.4 Å². The van der Waals surface area contributed by atoms with Crippen molar-refractivity contribution in [3.05, 3.63) is 63.2 Å². The van der Waals surface area contributed by atoms with E-state index in [-0.39, 0.29) is 22.4 Å². The highest BCUT2D eigenvalue weighted by Gasteiger charge is 2.12. The quantitative estimate of drug-likeness (QED) is 0.290. The first-order valence-electron chi connectivity index (χ1n) is 7.36. The predicted molar refractivity (Wildman–Crippen MR) is 101 cm³/mol. The SMILES string of the molecule is O=C(CSc1nc2ccccc2[nH]1)N/N=C\c1ccc(Cl)c([N+](=O)[O-])c1. The van der Waals surface area contributed by atoms with Crippen LogP contribution in [0.4, 0.5) is 5.69 Å². The van der Waals surface area contributed by atoms with Crippen LogP contribution in [0.2, 0.25) is 5.02 Å². The molecule has 0 aliphatic carbocycles. The number of imidazole rings is 1. The van der Waals surface area contributed by atoms with Crippen molar-refractivity contribution >= 4 is 52.2 Å². The number of carbonyl (C=O) groups excluding carboxylic acids is 1. The molecule has 3 aromatic rings. The fourth-order valence-corrected chi connectivity index (χ4v) is 2.96. The fourth-order valence-electron chi connectivity index (χ4n) is 2.09. The molecule has 3 rings (SSSR count). The normalized spacial score (nSPS) is 11.1. The van der Waals surface area contributed by atoms with Crippen LogP contribution in [0.5, 0.6) is 0 Å². The van der Waals surface area contributed by atoms with Crippen LogP contribution in [-0.4, -0.2) is 32.8 Å². The van der Waals surface area contributed by atoms with Crippen molar-refractivity contribution in [3.8, 4) is 0 Å². The number of carbonyl (C=O) groups is 1. The van der Waals surface area contributed by atoms with E-state index in [1.807, 2.05) is 24.3 Å². The number of fused-ring (bicyclic) bond motifs is 1. The minimum Gasteiger partial charge on any atom is -0.333 e. The number of amides is 1. The van der Waals surface area contributed by atoms with Gasteiger partial charge in [0, 0.05) is 11.6 Å². The fraction of sp³-hybridized carbons (Fsp3) is 0.0625. The van der Waals surface area contributed by atoms with Gasteiger partial charge in [0.1, 0.15) is 5.02 Å². The van der Waals surface area contributed by atoms with Crippen molar-refractivity contribution in [2.75, 3.05) is 5.75 Å². The van der Waals surface area contributed by atoms with E-state index in [4.69, 9.17) is 11.6 Å². The van der Waals surface area contributed by atoms with Gasteiger partial charge in [-0.25, -0.2) is 10.4 Å². The maximum Gasteiger partial charge on any atom is 0.288 e. The van der Waals surface area contributed by atoms with Crippen LogP contribution in [0.3, 0.4) is 0 Å². The van der Waals surface area contributed by atoms with Crippen molar-refractivity contribution in [2.45, 2.75) is 5.16 Å². The van der Waals surface area contributed by atoms with Gasteiger partial charge in [-0.15, -0.1) is 0 Å². The lowest BCUT2D eigenvalue weighted by Gasteiger charge is -1.99. The molecular formula is C16H12ClN5O3S. The molecule has 0 saturated carbocycles. The average Bonchev–Trinajstić information content (AvgIpc) is 3.04. The van der Waals surface area contributed by atoms with Crippen LogP contribution in [-0.2, 0) is 4.79 Å². The highest BCUT2D eigenvalue weighted by molar-refractivity contribution is 7.99. The van der Waals surface area contributed by atoms with Gasteiger partial charge in [0.15, 0.2) is 5.16 Å². The molecule has 0 aliphatic rings. The molecule has 132 valence electrons. The van der Waals surface area contributed by atoms with E-state index >= 15 is 0 Å². The van der Waals surface area contributed by atoms with Crippen molar-refractivity contribution in [3.63, 3.8) is 0 Å². The Hall–Kier alpha value is -2.91. The Balaban J connectivity index is 1.54. The third-order valence-corrected chi connectivity index (χ3v) is 4.47. The number of hydrogen-bond acceptors (Lipinski definition) is 6. The topological polar surface area (TPSA) is 113 Å². The van der Waals surface area contributed by atoms with Crippen LogP contribution in [0.25, 0.3) is 11.0 Å². The third kappa shape index (κ3) is 4.38. The number of aromatic amines is 1. The maximum absolute atomic E-state index is 11.8. The van der Waals surface area contributed by atoms with Crippen LogP contribution in [0, 0.1) is 10.1 Å². The van der Waals surface area contributed by atoms with Crippen molar-refractivity contribution < 1.29 is 9.72 Å². The first-order chi connectivity index (χ1) is 12.5. The van der Waals surface area contributed by atoms with Gasteiger partial charge >= 0.3 is 0 Å². The van der Waals surface area contributed by atoms with Crippen LogP contribution < -0.4 is 5.43 Å². The number of hydrazone groups is 1. The molecule has 0 spiro atoms. The zero-order chi connectivity index (χ0) is 18.5. The Labute approximate surface area is 156 Å². The zero-order valence-corrected chi connectivity index (χ0v) is 14.8. The van der Waals surface area contributed by atoms with E-state index in [9.17, 15) is 14.9 Å². The summed E-state index contributed by atoms with van der Waals surface area (Å²) in [5.41, 5.74) is 4.33. The third-order valence-electron chi connectivity index (χ3n) is 3.28. The van der Waals surface area contributed by atoms with Gasteiger partial charge in [0.05, 0.1) is 27.9 Å². The highest BCUT2D eigenvalue weighted by Crippen LogP contribution is 2.24. The molecule has 1 heterocycles. The van der Waals surface area contributed by atoms with Gasteiger partial charge in [-0.2, -0.15) is 5.10 Å². The van der Waals surface area contributed by atoms with Gasteiger partial charge in [0.25, 0.3) is 11.6 Å². The van der Waals surface area contributed by atoms with Gasteiger partial charge in [-0.05, 0) is 18.2 Å². The summed E-state index contributed by atoms with van der Waals surface area (Å²) in [7, 11) is 0. The zero-order valence-electron chi connectivity index (χ0n) is 13.2. The van der Waals surface area contributed by atoms with Crippen LogP contribution in [0.15, 0.2) is 52.7 Å². The number of H-pyrrole nitrogens is 1. The summed E-state index contributed by atoms with van der Waals surface area (Å²) in [5.74, 6) is -0.201. The number of rotatable bonds is 6. The molecule has 26 heavy (non-hydrogen) atoms. The lowest BCUT2D eigenvalue weighted by molar-refractivity contribution is -0.384. The number of aromatic nitrogens is 2. The molecule has 2 aromatic carbocycles. The lowest BCUT2D eigenvalue weighted by Crippen LogP contribution is -2.19. The number of nitrogens with one attached hydrogen (secondary N) is 2. The molecule has 0 radical (unpaired) electrons. The number of nitro groups is 1. The van der Waals surface area contributed by atoms with Gasteiger partial charge in [0.2, 0.25) is 0 Å². The number of thioether (sulfide) groups is 1. The monoisotopic (exact) mass is 389 g/mol. The van der Waals surface area contributed by atoms with E-state index in [0.29, 0.717) is 10.7 Å². The molecule has 2 N–H and O–H groups in total. The van der Waals surface area contributed by atoms with Crippen LogP contribution in [0.1, 0.15) is 5.56 Å². The summed E-state index contributed by atoms with van der Waals surface area (Å²) in [5, 5.41) is 15.3.